The molecule has 0 bridgehead atoms. The van der Waals surface area contributed by atoms with Gasteiger partial charge < -0.3 is 5.73 Å². The van der Waals surface area contributed by atoms with Crippen LogP contribution in [0, 0.1) is 0 Å². The molecule has 0 radical (unpaired) electrons. The van der Waals surface area contributed by atoms with Crippen LogP contribution in [0.1, 0.15) is 37.7 Å². The van der Waals surface area contributed by atoms with Crippen molar-refractivity contribution in [3.05, 3.63) is 17.5 Å². The maximum Gasteiger partial charge on any atom is 0.0627 e. The van der Waals surface area contributed by atoms with Gasteiger partial charge in [-0.25, -0.2) is 0 Å². The molecule has 0 saturated carbocycles. The highest BCUT2D eigenvalue weighted by molar-refractivity contribution is 5.13. The fourth-order valence-electron chi connectivity index (χ4n) is 1.35. The van der Waals surface area contributed by atoms with Crippen LogP contribution in [0.3, 0.4) is 0 Å². The van der Waals surface area contributed by atoms with Crippen molar-refractivity contribution >= 4 is 0 Å². The largest absolute Gasteiger partial charge is 0.323 e. The fraction of sp³-hybridized carbons (Fsp3) is 0.667. The third-order valence-electron chi connectivity index (χ3n) is 1.94. The maximum absolute atomic E-state index is 5.76. The molecule has 0 amide bonds. The summed E-state index contributed by atoms with van der Waals surface area (Å²) in [7, 11) is 1.94. The van der Waals surface area contributed by atoms with Crippen LogP contribution in [0.2, 0.25) is 0 Å². The summed E-state index contributed by atoms with van der Waals surface area (Å²) in [6, 6.07) is 2.17. The Morgan fingerprint density at radius 1 is 1.67 bits per heavy atom. The third kappa shape index (κ3) is 1.85. The fourth-order valence-corrected chi connectivity index (χ4v) is 1.35. The predicted octanol–water partition coefficient (Wildman–Crippen LogP) is 1.39. The molecule has 1 rings (SSSR count). The Morgan fingerprint density at radius 3 is 2.75 bits per heavy atom. The van der Waals surface area contributed by atoms with E-state index in [1.54, 1.807) is 0 Å². The van der Waals surface area contributed by atoms with Crippen molar-refractivity contribution in [1.82, 2.24) is 9.78 Å². The van der Waals surface area contributed by atoms with Crippen molar-refractivity contribution in [1.29, 1.82) is 0 Å². The van der Waals surface area contributed by atoms with Crippen molar-refractivity contribution in [3.8, 4) is 0 Å². The SMILES string of the molecule is CCCc1cc([C@H](C)N)n(C)n1. The molecule has 3 nitrogen and oxygen atoms in total. The van der Waals surface area contributed by atoms with Crippen LogP contribution in [-0.4, -0.2) is 9.78 Å². The Hall–Kier alpha value is -0.830. The average molecular weight is 167 g/mol. The smallest absolute Gasteiger partial charge is 0.0627 e. The Morgan fingerprint density at radius 2 is 2.33 bits per heavy atom. The molecule has 1 heterocycles. The van der Waals surface area contributed by atoms with Crippen LogP contribution in [0.25, 0.3) is 0 Å². The van der Waals surface area contributed by atoms with E-state index in [1.165, 1.54) is 0 Å². The van der Waals surface area contributed by atoms with Gasteiger partial charge in [0.25, 0.3) is 0 Å². The van der Waals surface area contributed by atoms with E-state index < -0.39 is 0 Å². The molecule has 0 aromatic carbocycles. The lowest BCUT2D eigenvalue weighted by Gasteiger charge is -2.03. The Labute approximate surface area is 73.6 Å². The van der Waals surface area contributed by atoms with E-state index in [2.05, 4.69) is 18.1 Å². The van der Waals surface area contributed by atoms with Crippen LogP contribution >= 0.6 is 0 Å². The monoisotopic (exact) mass is 167 g/mol. The molecule has 0 aliphatic heterocycles. The minimum atomic E-state index is 0.0770. The number of aromatic nitrogens is 2. The van der Waals surface area contributed by atoms with Crippen molar-refractivity contribution in [2.75, 3.05) is 0 Å². The summed E-state index contributed by atoms with van der Waals surface area (Å²) in [4.78, 5) is 0. The minimum absolute atomic E-state index is 0.0770. The summed E-state index contributed by atoms with van der Waals surface area (Å²) in [6.07, 6.45) is 2.18. The Kier molecular flexibility index (Phi) is 2.87. The van der Waals surface area contributed by atoms with Gasteiger partial charge in [-0.05, 0) is 19.4 Å². The van der Waals surface area contributed by atoms with E-state index in [4.69, 9.17) is 5.73 Å². The number of hydrogen-bond donors (Lipinski definition) is 1. The molecule has 2 N–H and O–H groups in total. The second-order valence-electron chi connectivity index (χ2n) is 3.22. The second-order valence-corrected chi connectivity index (χ2v) is 3.22. The lowest BCUT2D eigenvalue weighted by atomic mass is 10.2. The third-order valence-corrected chi connectivity index (χ3v) is 1.94. The minimum Gasteiger partial charge on any atom is -0.323 e. The highest BCUT2D eigenvalue weighted by Crippen LogP contribution is 2.11. The number of aryl methyl sites for hydroxylation is 2. The van der Waals surface area contributed by atoms with Gasteiger partial charge >= 0.3 is 0 Å². The van der Waals surface area contributed by atoms with Gasteiger partial charge in [0.15, 0.2) is 0 Å². The Balaban J connectivity index is 2.85. The van der Waals surface area contributed by atoms with E-state index in [1.807, 2.05) is 18.7 Å². The number of rotatable bonds is 3. The van der Waals surface area contributed by atoms with Gasteiger partial charge in [-0.3, -0.25) is 4.68 Å². The van der Waals surface area contributed by atoms with E-state index in [9.17, 15) is 0 Å². The highest BCUT2D eigenvalue weighted by Gasteiger charge is 2.07. The van der Waals surface area contributed by atoms with Crippen LogP contribution in [0.5, 0.6) is 0 Å². The van der Waals surface area contributed by atoms with Gasteiger partial charge in [0.2, 0.25) is 0 Å². The van der Waals surface area contributed by atoms with Crippen molar-refractivity contribution in [3.63, 3.8) is 0 Å². The van der Waals surface area contributed by atoms with Crippen molar-refractivity contribution in [2.24, 2.45) is 12.8 Å². The summed E-state index contributed by atoms with van der Waals surface area (Å²) in [5, 5.41) is 4.36. The molecule has 12 heavy (non-hydrogen) atoms. The van der Waals surface area contributed by atoms with Gasteiger partial charge in [-0.2, -0.15) is 5.10 Å². The molecule has 3 heteroatoms. The molecule has 0 aliphatic carbocycles. The van der Waals surface area contributed by atoms with Crippen LogP contribution in [0.15, 0.2) is 6.07 Å². The van der Waals surface area contributed by atoms with Gasteiger partial charge in [-0.15, -0.1) is 0 Å². The zero-order chi connectivity index (χ0) is 9.14. The van der Waals surface area contributed by atoms with Gasteiger partial charge in [0, 0.05) is 13.1 Å². The second kappa shape index (κ2) is 3.72. The molecule has 1 atom stereocenters. The van der Waals surface area contributed by atoms with E-state index >= 15 is 0 Å². The Bertz CT molecular complexity index is 250. The molecule has 0 spiro atoms. The molecule has 0 saturated heterocycles. The molecule has 0 unspecified atom stereocenters. The zero-order valence-corrected chi connectivity index (χ0v) is 8.04. The summed E-state index contributed by atoms with van der Waals surface area (Å²) >= 11 is 0. The quantitative estimate of drug-likeness (QED) is 0.739. The highest BCUT2D eigenvalue weighted by atomic mass is 15.3. The first kappa shape index (κ1) is 9.26. The zero-order valence-electron chi connectivity index (χ0n) is 8.04. The number of nitrogens with zero attached hydrogens (tertiary/aromatic N) is 2. The van der Waals surface area contributed by atoms with E-state index in [-0.39, 0.29) is 6.04 Å². The topological polar surface area (TPSA) is 43.8 Å². The predicted molar refractivity (Wildman–Crippen MR) is 49.8 cm³/mol. The molecular formula is C9H17N3. The lowest BCUT2D eigenvalue weighted by Crippen LogP contribution is -2.10. The van der Waals surface area contributed by atoms with Crippen molar-refractivity contribution in [2.45, 2.75) is 32.7 Å². The van der Waals surface area contributed by atoms with Gasteiger partial charge in [-0.1, -0.05) is 13.3 Å². The number of nitrogens with two attached hydrogens (primary N) is 1. The summed E-state index contributed by atoms with van der Waals surface area (Å²) < 4.78 is 1.87. The van der Waals surface area contributed by atoms with E-state index in [0.717, 1.165) is 24.2 Å². The van der Waals surface area contributed by atoms with Crippen LogP contribution in [-0.2, 0) is 13.5 Å². The molecule has 0 fully saturated rings. The standard InChI is InChI=1S/C9H17N3/c1-4-5-8-6-9(7(2)10)12(3)11-8/h6-7H,4-5,10H2,1-3H3/t7-/m0/s1. The maximum atomic E-state index is 5.76. The summed E-state index contributed by atoms with van der Waals surface area (Å²) in [5.74, 6) is 0. The normalized spacial score (nSPS) is 13.3. The summed E-state index contributed by atoms with van der Waals surface area (Å²) in [6.45, 7) is 4.13. The van der Waals surface area contributed by atoms with Gasteiger partial charge in [0.1, 0.15) is 0 Å². The first-order valence-corrected chi connectivity index (χ1v) is 4.43. The molecule has 68 valence electrons. The van der Waals surface area contributed by atoms with Gasteiger partial charge in [0.05, 0.1) is 11.4 Å². The molecule has 1 aromatic heterocycles. The first-order chi connectivity index (χ1) is 5.65. The van der Waals surface area contributed by atoms with E-state index in [0.29, 0.717) is 0 Å². The number of hydrogen-bond acceptors (Lipinski definition) is 2. The van der Waals surface area contributed by atoms with Crippen molar-refractivity contribution < 1.29 is 0 Å². The van der Waals surface area contributed by atoms with Crippen LogP contribution in [0.4, 0.5) is 0 Å². The molecule has 1 aromatic rings. The summed E-state index contributed by atoms with van der Waals surface area (Å²) in [5.41, 5.74) is 8.02. The lowest BCUT2D eigenvalue weighted by molar-refractivity contribution is 0.646. The average Bonchev–Trinajstić information content (AvgIpc) is 2.32. The molecular weight excluding hydrogens is 150 g/mol. The van der Waals surface area contributed by atoms with Crippen LogP contribution < -0.4 is 5.73 Å². The first-order valence-electron chi connectivity index (χ1n) is 4.43. The molecule has 0 aliphatic rings.